The monoisotopic (exact) mass is 355 g/mol. The zero-order valence-corrected chi connectivity index (χ0v) is 13.6. The van der Waals surface area contributed by atoms with Crippen LogP contribution in [0, 0.1) is 0 Å². The lowest BCUT2D eigenvalue weighted by Gasteiger charge is -2.08. The van der Waals surface area contributed by atoms with Gasteiger partial charge in [-0.1, -0.05) is 30.4 Å². The van der Waals surface area contributed by atoms with E-state index in [1.165, 1.54) is 12.1 Å². The highest BCUT2D eigenvalue weighted by Gasteiger charge is 2.22. The molecule has 0 bridgehead atoms. The summed E-state index contributed by atoms with van der Waals surface area (Å²) in [7, 11) is -4.06. The van der Waals surface area contributed by atoms with Gasteiger partial charge in [-0.3, -0.25) is 14.3 Å². The molecule has 0 saturated carbocycles. The predicted octanol–water partition coefficient (Wildman–Crippen LogP) is 0.786. The van der Waals surface area contributed by atoms with Crippen LogP contribution in [-0.4, -0.2) is 30.4 Å². The van der Waals surface area contributed by atoms with Gasteiger partial charge in [0.05, 0.1) is 11.3 Å². The molecule has 0 radical (unpaired) electrons. The van der Waals surface area contributed by atoms with Crippen LogP contribution in [0.15, 0.2) is 28.6 Å². The molecular weight excluding hydrogens is 342 g/mol. The molecule has 0 saturated heterocycles. The van der Waals surface area contributed by atoms with Gasteiger partial charge in [-0.2, -0.15) is 8.42 Å². The van der Waals surface area contributed by atoms with Crippen LogP contribution < -0.4 is 15.8 Å². The van der Waals surface area contributed by atoms with Crippen LogP contribution in [0.1, 0.15) is 23.7 Å². The fourth-order valence-electron chi connectivity index (χ4n) is 1.55. The maximum atomic E-state index is 12.3. The van der Waals surface area contributed by atoms with Gasteiger partial charge in [-0.05, 0) is 12.1 Å². The second kappa shape index (κ2) is 6.71. The second-order valence-corrected chi connectivity index (χ2v) is 7.12. The molecule has 11 heteroatoms. The fraction of sp³-hybridized carbons (Fsp3) is 0.167. The van der Waals surface area contributed by atoms with Crippen LogP contribution in [0.3, 0.4) is 0 Å². The van der Waals surface area contributed by atoms with E-state index in [0.29, 0.717) is 11.3 Å². The number of sulfonamides is 1. The number of hydrogen-bond acceptors (Lipinski definition) is 7. The number of nitrogens with one attached hydrogen (secondary N) is 2. The number of carbonyl (C=O) groups excluding carboxylic acids is 2. The lowest BCUT2D eigenvalue weighted by atomic mass is 10.2. The quantitative estimate of drug-likeness (QED) is 0.653. The highest BCUT2D eigenvalue weighted by atomic mass is 32.2. The number of nitrogens with two attached hydrogens (primary N) is 1. The topological polar surface area (TPSA) is 144 Å². The molecule has 4 N–H and O–H groups in total. The first-order valence-corrected chi connectivity index (χ1v) is 8.68. The Labute approximate surface area is 136 Å². The van der Waals surface area contributed by atoms with E-state index in [9.17, 15) is 18.0 Å². The van der Waals surface area contributed by atoms with Crippen LogP contribution in [-0.2, 0) is 14.8 Å². The number of primary amides is 1. The SMILES string of the molecule is CCC(=O)Nc1nnc(S(=O)(=O)Nc2ccccc2C(N)=O)s1. The minimum absolute atomic E-state index is 0.0279. The number of amides is 2. The molecule has 0 aliphatic carbocycles. The molecule has 1 aromatic carbocycles. The highest BCUT2D eigenvalue weighted by molar-refractivity contribution is 7.94. The third-order valence-electron chi connectivity index (χ3n) is 2.64. The summed E-state index contributed by atoms with van der Waals surface area (Å²) in [6.07, 6.45) is 0.228. The van der Waals surface area contributed by atoms with E-state index in [-0.39, 0.29) is 33.1 Å². The minimum atomic E-state index is -4.06. The molecule has 0 unspecified atom stereocenters. The maximum Gasteiger partial charge on any atom is 0.291 e. The van der Waals surface area contributed by atoms with Gasteiger partial charge in [0.15, 0.2) is 0 Å². The Kier molecular flexibility index (Phi) is 4.91. The van der Waals surface area contributed by atoms with E-state index in [0.717, 1.165) is 0 Å². The van der Waals surface area contributed by atoms with Gasteiger partial charge in [-0.25, -0.2) is 0 Å². The normalized spacial score (nSPS) is 11.0. The molecule has 2 aromatic rings. The third kappa shape index (κ3) is 4.02. The summed E-state index contributed by atoms with van der Waals surface area (Å²) in [5.74, 6) is -1.08. The van der Waals surface area contributed by atoms with Gasteiger partial charge in [0.2, 0.25) is 11.0 Å². The Balaban J connectivity index is 2.26. The molecule has 1 heterocycles. The van der Waals surface area contributed by atoms with Crippen molar-refractivity contribution in [2.75, 3.05) is 10.0 Å². The van der Waals surface area contributed by atoms with Crippen molar-refractivity contribution in [3.63, 3.8) is 0 Å². The molecular formula is C12H13N5O4S2. The molecule has 2 rings (SSSR count). The molecule has 2 amide bonds. The standard InChI is InChI=1S/C12H13N5O4S2/c1-2-9(18)14-11-15-16-12(22-11)23(20,21)17-8-6-4-3-5-7(8)10(13)19/h3-6,17H,2H2,1H3,(H2,13,19)(H,14,15,18). The molecule has 0 aliphatic rings. The van der Waals surface area contributed by atoms with E-state index in [4.69, 9.17) is 5.73 Å². The minimum Gasteiger partial charge on any atom is -0.366 e. The summed E-state index contributed by atoms with van der Waals surface area (Å²) in [6.45, 7) is 1.65. The van der Waals surface area contributed by atoms with Crippen LogP contribution in [0.25, 0.3) is 0 Å². The zero-order valence-electron chi connectivity index (χ0n) is 11.9. The van der Waals surface area contributed by atoms with Crippen molar-refractivity contribution < 1.29 is 18.0 Å². The van der Waals surface area contributed by atoms with Crippen molar-refractivity contribution in [2.45, 2.75) is 17.7 Å². The smallest absolute Gasteiger partial charge is 0.291 e. The number of aromatic nitrogens is 2. The Morgan fingerprint density at radius 2 is 1.96 bits per heavy atom. The summed E-state index contributed by atoms with van der Waals surface area (Å²) in [5.41, 5.74) is 5.26. The van der Waals surface area contributed by atoms with Crippen molar-refractivity contribution in [2.24, 2.45) is 5.73 Å². The lowest BCUT2D eigenvalue weighted by Crippen LogP contribution is -2.18. The first kappa shape index (κ1) is 16.8. The number of para-hydroxylation sites is 1. The highest BCUT2D eigenvalue weighted by Crippen LogP contribution is 2.24. The number of rotatable bonds is 6. The molecule has 0 spiro atoms. The fourth-order valence-corrected chi connectivity index (χ4v) is 3.55. The molecule has 9 nitrogen and oxygen atoms in total. The lowest BCUT2D eigenvalue weighted by molar-refractivity contribution is -0.115. The van der Waals surface area contributed by atoms with E-state index >= 15 is 0 Å². The predicted molar refractivity (Wildman–Crippen MR) is 84.6 cm³/mol. The summed E-state index contributed by atoms with van der Waals surface area (Å²) >= 11 is 0.696. The van der Waals surface area contributed by atoms with E-state index in [1.807, 2.05) is 0 Å². The van der Waals surface area contributed by atoms with Gasteiger partial charge in [0.1, 0.15) is 0 Å². The summed E-state index contributed by atoms with van der Waals surface area (Å²) < 4.78 is 26.4. The van der Waals surface area contributed by atoms with E-state index in [2.05, 4.69) is 20.2 Å². The first-order chi connectivity index (χ1) is 10.8. The molecule has 0 fully saturated rings. The van der Waals surface area contributed by atoms with Gasteiger partial charge < -0.3 is 11.1 Å². The number of hydrogen-bond donors (Lipinski definition) is 3. The maximum absolute atomic E-state index is 12.3. The van der Waals surface area contributed by atoms with Gasteiger partial charge in [0, 0.05) is 6.42 Å². The number of benzene rings is 1. The van der Waals surface area contributed by atoms with E-state index in [1.54, 1.807) is 19.1 Å². The molecule has 0 aliphatic heterocycles. The van der Waals surface area contributed by atoms with Crippen molar-refractivity contribution in [1.29, 1.82) is 0 Å². The van der Waals surface area contributed by atoms with Crippen molar-refractivity contribution in [1.82, 2.24) is 10.2 Å². The molecule has 122 valence electrons. The Bertz CT molecular complexity index is 847. The van der Waals surface area contributed by atoms with Crippen LogP contribution in [0.2, 0.25) is 0 Å². The average Bonchev–Trinajstić information content (AvgIpc) is 2.96. The third-order valence-corrected chi connectivity index (χ3v) is 5.21. The second-order valence-electron chi connectivity index (χ2n) is 4.29. The summed E-state index contributed by atoms with van der Waals surface area (Å²) in [6, 6.07) is 5.91. The van der Waals surface area contributed by atoms with Gasteiger partial charge >= 0.3 is 0 Å². The Hall–Kier alpha value is -2.53. The van der Waals surface area contributed by atoms with Crippen molar-refractivity contribution in [3.8, 4) is 0 Å². The van der Waals surface area contributed by atoms with Crippen molar-refractivity contribution >= 4 is 44.0 Å². The Morgan fingerprint density at radius 1 is 1.26 bits per heavy atom. The average molecular weight is 355 g/mol. The molecule has 23 heavy (non-hydrogen) atoms. The van der Waals surface area contributed by atoms with Crippen LogP contribution >= 0.6 is 11.3 Å². The largest absolute Gasteiger partial charge is 0.366 e. The molecule has 0 atom stereocenters. The first-order valence-electron chi connectivity index (χ1n) is 6.38. The number of carbonyl (C=O) groups is 2. The molecule has 1 aromatic heterocycles. The van der Waals surface area contributed by atoms with Crippen LogP contribution in [0.5, 0.6) is 0 Å². The number of nitrogens with zero attached hydrogens (tertiary/aromatic N) is 2. The van der Waals surface area contributed by atoms with Crippen molar-refractivity contribution in [3.05, 3.63) is 29.8 Å². The van der Waals surface area contributed by atoms with Gasteiger partial charge in [0.25, 0.3) is 20.3 Å². The Morgan fingerprint density at radius 3 is 2.61 bits per heavy atom. The van der Waals surface area contributed by atoms with E-state index < -0.39 is 15.9 Å². The number of anilines is 2. The van der Waals surface area contributed by atoms with Crippen LogP contribution in [0.4, 0.5) is 10.8 Å². The zero-order chi connectivity index (χ0) is 17.0. The summed E-state index contributed by atoms with van der Waals surface area (Å²) in [4.78, 5) is 22.6. The van der Waals surface area contributed by atoms with Gasteiger partial charge in [-0.15, -0.1) is 10.2 Å². The summed E-state index contributed by atoms with van der Waals surface area (Å²) in [5, 5.41) is 9.62.